The van der Waals surface area contributed by atoms with E-state index in [1.54, 1.807) is 0 Å². The van der Waals surface area contributed by atoms with Crippen LogP contribution in [0, 0.1) is 0 Å². The summed E-state index contributed by atoms with van der Waals surface area (Å²) < 4.78 is 5.72. The summed E-state index contributed by atoms with van der Waals surface area (Å²) in [7, 11) is 0. The van der Waals surface area contributed by atoms with Crippen LogP contribution in [-0.4, -0.2) is 17.2 Å². The van der Waals surface area contributed by atoms with Gasteiger partial charge in [-0.05, 0) is 72.0 Å². The topological polar surface area (TPSA) is 59.2 Å². The number of nitrogens with one attached hydrogen (secondary N) is 1. The molecule has 1 aliphatic carbocycles. The molecule has 2 heterocycles. The van der Waals surface area contributed by atoms with E-state index < -0.39 is 5.92 Å². The normalized spacial score (nSPS) is 14.2. The van der Waals surface area contributed by atoms with E-state index in [4.69, 9.17) is 4.74 Å². The number of ether oxygens (including phenoxy) is 1. The van der Waals surface area contributed by atoms with Gasteiger partial charge >= 0.3 is 5.97 Å². The van der Waals surface area contributed by atoms with Gasteiger partial charge in [-0.1, -0.05) is 24.3 Å². The summed E-state index contributed by atoms with van der Waals surface area (Å²) in [6.45, 7) is 0. The number of thiophene rings is 1. The van der Waals surface area contributed by atoms with Crippen LogP contribution in [0.15, 0.2) is 60.1 Å². The number of esters is 1. The third kappa shape index (κ3) is 3.93. The molecule has 4 aromatic rings. The number of H-pyrrole nitrogens is 1. The largest absolute Gasteiger partial charge is 0.426 e. The van der Waals surface area contributed by atoms with Crippen LogP contribution in [0.25, 0.3) is 22.0 Å². The third-order valence-electron chi connectivity index (χ3n) is 6.02. The summed E-state index contributed by atoms with van der Waals surface area (Å²) in [5, 5.41) is 3.17. The zero-order valence-electron chi connectivity index (χ0n) is 17.1. The van der Waals surface area contributed by atoms with E-state index >= 15 is 0 Å². The number of aromatic amines is 1. The fourth-order valence-corrected chi connectivity index (χ4v) is 5.38. The highest BCUT2D eigenvalue weighted by Crippen LogP contribution is 2.36. The molecule has 0 radical (unpaired) electrons. The first-order valence-corrected chi connectivity index (χ1v) is 11.5. The molecule has 1 aliphatic rings. The van der Waals surface area contributed by atoms with Crippen LogP contribution < -0.4 is 4.74 Å². The zero-order valence-corrected chi connectivity index (χ0v) is 17.9. The highest BCUT2D eigenvalue weighted by Gasteiger charge is 2.25. The average Bonchev–Trinajstić information content (AvgIpc) is 3.44. The predicted molar refractivity (Wildman–Crippen MR) is 124 cm³/mol. The Balaban J connectivity index is 1.39. The van der Waals surface area contributed by atoms with Crippen molar-refractivity contribution in [2.45, 2.75) is 38.0 Å². The number of aldehydes is 1. The van der Waals surface area contributed by atoms with E-state index in [9.17, 15) is 9.59 Å². The summed E-state index contributed by atoms with van der Waals surface area (Å²) in [6, 6.07) is 16.0. The number of benzene rings is 2. The summed E-state index contributed by atoms with van der Waals surface area (Å²) in [6.07, 6.45) is 7.38. The summed E-state index contributed by atoms with van der Waals surface area (Å²) in [5.41, 5.74) is 5.81. The number of rotatable bonds is 6. The van der Waals surface area contributed by atoms with Crippen molar-refractivity contribution in [2.24, 2.45) is 0 Å². The highest BCUT2D eigenvalue weighted by atomic mass is 32.1. The molecule has 4 nitrogen and oxygen atoms in total. The zero-order chi connectivity index (χ0) is 21.2. The Labute approximate surface area is 184 Å². The van der Waals surface area contributed by atoms with Crippen LogP contribution >= 0.6 is 11.3 Å². The molecule has 156 valence electrons. The van der Waals surface area contributed by atoms with Crippen molar-refractivity contribution < 1.29 is 14.3 Å². The van der Waals surface area contributed by atoms with Crippen molar-refractivity contribution >= 4 is 34.5 Å². The highest BCUT2D eigenvalue weighted by molar-refractivity contribution is 7.10. The fourth-order valence-electron chi connectivity index (χ4n) is 4.37. The minimum absolute atomic E-state index is 0.109. The molecule has 2 aromatic heterocycles. The Morgan fingerprint density at radius 2 is 1.94 bits per heavy atom. The van der Waals surface area contributed by atoms with Crippen LogP contribution in [-0.2, 0) is 22.4 Å². The molecule has 5 heteroatoms. The maximum atomic E-state index is 13.0. The number of aryl methyl sites for hydroxylation is 2. The number of hydrogen-bond donors (Lipinski definition) is 1. The molecule has 5 rings (SSSR count). The molecular weight excluding hydrogens is 406 g/mol. The standard InChI is InChI=1S/C26H23NO3S/c28-12-11-22(26(29)30-20-10-9-17-5-1-2-6-18(17)13-20)25-14-19(16-31-25)23-15-27-24-8-4-3-7-21(23)24/h3-4,7-10,12-16,22,27H,1-2,5-6,11H2. The lowest BCUT2D eigenvalue weighted by Gasteiger charge is -2.17. The second kappa shape index (κ2) is 8.52. The van der Waals surface area contributed by atoms with E-state index in [-0.39, 0.29) is 12.4 Å². The molecule has 0 saturated heterocycles. The van der Waals surface area contributed by atoms with Crippen LogP contribution in [0.4, 0.5) is 0 Å². The van der Waals surface area contributed by atoms with Crippen molar-refractivity contribution in [3.05, 3.63) is 76.1 Å². The van der Waals surface area contributed by atoms with Gasteiger partial charge in [0.25, 0.3) is 0 Å². The van der Waals surface area contributed by atoms with Crippen molar-refractivity contribution in [2.75, 3.05) is 0 Å². The molecule has 0 fully saturated rings. The molecule has 0 saturated carbocycles. The molecule has 0 aliphatic heterocycles. The minimum atomic E-state index is -0.600. The summed E-state index contributed by atoms with van der Waals surface area (Å²) >= 11 is 1.49. The van der Waals surface area contributed by atoms with E-state index in [0.717, 1.165) is 46.0 Å². The van der Waals surface area contributed by atoms with Crippen molar-refractivity contribution in [1.29, 1.82) is 0 Å². The second-order valence-electron chi connectivity index (χ2n) is 8.00. The van der Waals surface area contributed by atoms with Gasteiger partial charge in [-0.25, -0.2) is 0 Å². The number of carbonyl (C=O) groups is 2. The Bertz CT molecular complexity index is 1250. The average molecular weight is 430 g/mol. The SMILES string of the molecule is O=CCC(C(=O)Oc1ccc2c(c1)CCCC2)c1cc(-c2c[nH]c3ccccc23)cs1. The number of para-hydroxylation sites is 1. The van der Waals surface area contributed by atoms with Crippen LogP contribution in [0.5, 0.6) is 5.75 Å². The molecule has 2 aromatic carbocycles. The molecule has 1 atom stereocenters. The molecule has 31 heavy (non-hydrogen) atoms. The minimum Gasteiger partial charge on any atom is -0.426 e. The van der Waals surface area contributed by atoms with Gasteiger partial charge in [-0.3, -0.25) is 4.79 Å². The van der Waals surface area contributed by atoms with Gasteiger partial charge in [-0.2, -0.15) is 0 Å². The van der Waals surface area contributed by atoms with Gasteiger partial charge in [-0.15, -0.1) is 11.3 Å². The van der Waals surface area contributed by atoms with Gasteiger partial charge in [0, 0.05) is 34.0 Å². The lowest BCUT2D eigenvalue weighted by atomic mass is 9.92. The van der Waals surface area contributed by atoms with Gasteiger partial charge in [0.2, 0.25) is 0 Å². The smallest absolute Gasteiger partial charge is 0.320 e. The number of aromatic nitrogens is 1. The Morgan fingerprint density at radius 1 is 1.10 bits per heavy atom. The van der Waals surface area contributed by atoms with E-state index in [2.05, 4.69) is 17.1 Å². The number of hydrogen-bond acceptors (Lipinski definition) is 4. The van der Waals surface area contributed by atoms with Gasteiger partial charge in [0.05, 0.1) is 5.92 Å². The van der Waals surface area contributed by atoms with E-state index in [1.807, 2.05) is 48.0 Å². The first-order valence-electron chi connectivity index (χ1n) is 10.6. The van der Waals surface area contributed by atoms with Crippen LogP contribution in [0.2, 0.25) is 0 Å². The van der Waals surface area contributed by atoms with Crippen molar-refractivity contribution in [3.63, 3.8) is 0 Å². The Hall–Kier alpha value is -3.18. The van der Waals surface area contributed by atoms with Gasteiger partial charge < -0.3 is 14.5 Å². The Kier molecular flexibility index (Phi) is 5.43. The maximum absolute atomic E-state index is 13.0. The van der Waals surface area contributed by atoms with Gasteiger partial charge in [0.15, 0.2) is 0 Å². The number of carbonyl (C=O) groups excluding carboxylic acids is 2. The molecule has 1 unspecified atom stereocenters. The predicted octanol–water partition coefficient (Wildman–Crippen LogP) is 6.05. The summed E-state index contributed by atoms with van der Waals surface area (Å²) in [5.74, 6) is -0.414. The third-order valence-corrected chi connectivity index (χ3v) is 7.06. The fraction of sp³-hybridized carbons (Fsp3) is 0.231. The van der Waals surface area contributed by atoms with Gasteiger partial charge in [0.1, 0.15) is 12.0 Å². The Morgan fingerprint density at radius 3 is 2.81 bits per heavy atom. The lowest BCUT2D eigenvalue weighted by Crippen LogP contribution is -2.19. The van der Waals surface area contributed by atoms with Crippen molar-refractivity contribution in [3.8, 4) is 16.9 Å². The van der Waals surface area contributed by atoms with Crippen molar-refractivity contribution in [1.82, 2.24) is 4.98 Å². The lowest BCUT2D eigenvalue weighted by molar-refractivity contribution is -0.137. The van der Waals surface area contributed by atoms with Crippen LogP contribution in [0.1, 0.15) is 41.2 Å². The van der Waals surface area contributed by atoms with E-state index in [0.29, 0.717) is 5.75 Å². The molecular formula is C26H23NO3S. The van der Waals surface area contributed by atoms with Crippen LogP contribution in [0.3, 0.4) is 0 Å². The molecule has 0 amide bonds. The molecule has 0 bridgehead atoms. The quantitative estimate of drug-likeness (QED) is 0.230. The molecule has 0 spiro atoms. The monoisotopic (exact) mass is 429 g/mol. The first kappa shape index (κ1) is 19.8. The second-order valence-corrected chi connectivity index (χ2v) is 8.94. The molecule has 1 N–H and O–H groups in total. The summed E-state index contributed by atoms with van der Waals surface area (Å²) in [4.78, 5) is 28.5. The van der Waals surface area contributed by atoms with E-state index in [1.165, 1.54) is 35.3 Å². The first-order chi connectivity index (χ1) is 15.2. The maximum Gasteiger partial charge on any atom is 0.320 e. The number of fused-ring (bicyclic) bond motifs is 2.